The molecule has 1 saturated carbocycles. The third kappa shape index (κ3) is 1.78. The molecule has 96 valence electrons. The molecule has 0 aromatic heterocycles. The fourth-order valence-electron chi connectivity index (χ4n) is 3.83. The highest BCUT2D eigenvalue weighted by Gasteiger charge is 2.47. The Labute approximate surface area is 102 Å². The van der Waals surface area contributed by atoms with Crippen molar-refractivity contribution in [2.24, 2.45) is 11.8 Å². The summed E-state index contributed by atoms with van der Waals surface area (Å²) >= 11 is 0. The Bertz CT molecular complexity index is 325. The first-order chi connectivity index (χ1) is 8.10. The smallest absolute Gasteiger partial charge is 0.242 e. The van der Waals surface area contributed by atoms with Gasteiger partial charge in [-0.3, -0.25) is 4.79 Å². The van der Waals surface area contributed by atoms with Gasteiger partial charge in [0.05, 0.1) is 11.6 Å². The van der Waals surface area contributed by atoms with Gasteiger partial charge in [0.25, 0.3) is 0 Å². The van der Waals surface area contributed by atoms with Gasteiger partial charge in [0, 0.05) is 19.0 Å². The van der Waals surface area contributed by atoms with E-state index in [1.807, 2.05) is 11.8 Å². The normalized spacial score (nSPS) is 45.3. The van der Waals surface area contributed by atoms with Crippen LogP contribution in [0.2, 0.25) is 0 Å². The van der Waals surface area contributed by atoms with Crippen LogP contribution in [0.25, 0.3) is 0 Å². The van der Waals surface area contributed by atoms with Crippen LogP contribution in [-0.2, 0) is 4.79 Å². The van der Waals surface area contributed by atoms with Crippen molar-refractivity contribution in [1.82, 2.24) is 10.2 Å². The summed E-state index contributed by atoms with van der Waals surface area (Å²) in [6, 6.07) is 0. The molecule has 0 aromatic carbocycles. The number of nitrogens with one attached hydrogen (secondary N) is 1. The monoisotopic (exact) mass is 238 g/mol. The fraction of sp³-hybridized carbons (Fsp3) is 0.923. The molecule has 2 aliphatic heterocycles. The molecule has 0 spiro atoms. The number of hydrogen-bond donors (Lipinski definition) is 2. The van der Waals surface area contributed by atoms with Gasteiger partial charge in [0.2, 0.25) is 5.91 Å². The minimum Gasteiger partial charge on any atom is -0.393 e. The van der Waals surface area contributed by atoms with Crippen molar-refractivity contribution >= 4 is 5.91 Å². The predicted molar refractivity (Wildman–Crippen MR) is 64.4 cm³/mol. The molecule has 4 atom stereocenters. The molecule has 0 bridgehead atoms. The molecule has 3 fully saturated rings. The van der Waals surface area contributed by atoms with Crippen LogP contribution in [0.5, 0.6) is 0 Å². The standard InChI is InChI=1S/C13H22N2O2/c1-13(5-2-6-14-13)12(17)15-7-9-3-4-11(16)10(9)8-15/h9-11,14,16H,2-8H2,1H3. The maximum atomic E-state index is 12.5. The van der Waals surface area contributed by atoms with Gasteiger partial charge in [-0.25, -0.2) is 0 Å². The van der Waals surface area contributed by atoms with E-state index in [9.17, 15) is 9.90 Å². The van der Waals surface area contributed by atoms with E-state index >= 15 is 0 Å². The number of carbonyl (C=O) groups is 1. The van der Waals surface area contributed by atoms with Gasteiger partial charge in [-0.15, -0.1) is 0 Å². The van der Waals surface area contributed by atoms with Crippen molar-refractivity contribution in [1.29, 1.82) is 0 Å². The maximum Gasteiger partial charge on any atom is 0.242 e. The largest absolute Gasteiger partial charge is 0.393 e. The second-order valence-electron chi connectivity index (χ2n) is 6.14. The van der Waals surface area contributed by atoms with Crippen LogP contribution in [0.15, 0.2) is 0 Å². The molecule has 2 saturated heterocycles. The number of hydrogen-bond acceptors (Lipinski definition) is 3. The number of aliphatic hydroxyl groups excluding tert-OH is 1. The lowest BCUT2D eigenvalue weighted by molar-refractivity contribution is -0.136. The highest BCUT2D eigenvalue weighted by atomic mass is 16.3. The third-order valence-electron chi connectivity index (χ3n) is 4.95. The number of likely N-dealkylation sites (tertiary alicyclic amines) is 1. The maximum absolute atomic E-state index is 12.5. The molecule has 0 aromatic rings. The van der Waals surface area contributed by atoms with E-state index in [0.29, 0.717) is 11.8 Å². The van der Waals surface area contributed by atoms with Gasteiger partial charge < -0.3 is 15.3 Å². The molecule has 3 rings (SSSR count). The summed E-state index contributed by atoms with van der Waals surface area (Å²) in [5.41, 5.74) is -0.344. The Kier molecular flexibility index (Phi) is 2.67. The Balaban J connectivity index is 1.69. The van der Waals surface area contributed by atoms with E-state index in [0.717, 1.165) is 45.3 Å². The van der Waals surface area contributed by atoms with Gasteiger partial charge in [-0.1, -0.05) is 0 Å². The van der Waals surface area contributed by atoms with Crippen LogP contribution in [0.4, 0.5) is 0 Å². The first kappa shape index (κ1) is 11.5. The SMILES string of the molecule is CC1(C(=O)N2CC3CCC(O)C3C2)CCCN1. The number of fused-ring (bicyclic) bond motifs is 1. The van der Waals surface area contributed by atoms with E-state index in [1.54, 1.807) is 0 Å². The number of amides is 1. The number of nitrogens with zero attached hydrogens (tertiary/aromatic N) is 1. The van der Waals surface area contributed by atoms with E-state index in [4.69, 9.17) is 0 Å². The molecule has 4 heteroatoms. The zero-order valence-corrected chi connectivity index (χ0v) is 10.5. The highest BCUT2D eigenvalue weighted by molar-refractivity contribution is 5.86. The van der Waals surface area contributed by atoms with E-state index in [-0.39, 0.29) is 17.6 Å². The van der Waals surface area contributed by atoms with Crippen molar-refractivity contribution in [3.05, 3.63) is 0 Å². The molecule has 4 nitrogen and oxygen atoms in total. The zero-order chi connectivity index (χ0) is 12.0. The summed E-state index contributed by atoms with van der Waals surface area (Å²) in [4.78, 5) is 14.5. The minimum atomic E-state index is -0.344. The zero-order valence-electron chi connectivity index (χ0n) is 10.5. The Morgan fingerprint density at radius 2 is 2.24 bits per heavy atom. The number of carbonyl (C=O) groups excluding carboxylic acids is 1. The van der Waals surface area contributed by atoms with E-state index in [2.05, 4.69) is 5.32 Å². The molecule has 17 heavy (non-hydrogen) atoms. The second-order valence-corrected chi connectivity index (χ2v) is 6.14. The van der Waals surface area contributed by atoms with Gasteiger partial charge in [0.15, 0.2) is 0 Å². The highest BCUT2D eigenvalue weighted by Crippen LogP contribution is 2.39. The third-order valence-corrected chi connectivity index (χ3v) is 4.95. The Hall–Kier alpha value is -0.610. The average Bonchev–Trinajstić information content (AvgIpc) is 2.97. The molecule has 1 aliphatic carbocycles. The quantitative estimate of drug-likeness (QED) is 0.693. The Morgan fingerprint density at radius 3 is 2.88 bits per heavy atom. The summed E-state index contributed by atoms with van der Waals surface area (Å²) in [6.45, 7) is 4.60. The van der Waals surface area contributed by atoms with Gasteiger partial charge in [-0.05, 0) is 45.1 Å². The summed E-state index contributed by atoms with van der Waals surface area (Å²) in [7, 11) is 0. The molecule has 2 N–H and O–H groups in total. The topological polar surface area (TPSA) is 52.6 Å². The minimum absolute atomic E-state index is 0.179. The summed E-state index contributed by atoms with van der Waals surface area (Å²) in [5.74, 6) is 1.12. The van der Waals surface area contributed by atoms with Crippen molar-refractivity contribution in [2.75, 3.05) is 19.6 Å². The molecule has 4 unspecified atom stereocenters. The molecular weight excluding hydrogens is 216 g/mol. The molecule has 0 radical (unpaired) electrons. The fourth-order valence-corrected chi connectivity index (χ4v) is 3.83. The molecular formula is C13H22N2O2. The van der Waals surface area contributed by atoms with Gasteiger partial charge in [-0.2, -0.15) is 0 Å². The lowest BCUT2D eigenvalue weighted by Gasteiger charge is -2.29. The molecule has 1 amide bonds. The van der Waals surface area contributed by atoms with Crippen LogP contribution >= 0.6 is 0 Å². The Morgan fingerprint density at radius 1 is 1.41 bits per heavy atom. The number of rotatable bonds is 1. The molecule has 3 aliphatic rings. The van der Waals surface area contributed by atoms with Gasteiger partial charge >= 0.3 is 0 Å². The first-order valence-corrected chi connectivity index (χ1v) is 6.83. The molecule has 2 heterocycles. The first-order valence-electron chi connectivity index (χ1n) is 6.83. The lowest BCUT2D eigenvalue weighted by atomic mass is 9.98. The van der Waals surface area contributed by atoms with Gasteiger partial charge in [0.1, 0.15) is 0 Å². The van der Waals surface area contributed by atoms with Crippen molar-refractivity contribution in [2.45, 2.75) is 44.2 Å². The predicted octanol–water partition coefficient (Wildman–Crippen LogP) is 0.358. The second kappa shape index (κ2) is 3.95. The summed E-state index contributed by atoms with van der Waals surface area (Å²) in [5, 5.41) is 13.2. The average molecular weight is 238 g/mol. The van der Waals surface area contributed by atoms with Crippen molar-refractivity contribution < 1.29 is 9.90 Å². The van der Waals surface area contributed by atoms with E-state index in [1.165, 1.54) is 0 Å². The summed E-state index contributed by atoms with van der Waals surface area (Å²) in [6.07, 6.45) is 3.86. The summed E-state index contributed by atoms with van der Waals surface area (Å²) < 4.78 is 0. The van der Waals surface area contributed by atoms with Crippen LogP contribution in [0.3, 0.4) is 0 Å². The number of aliphatic hydroxyl groups is 1. The van der Waals surface area contributed by atoms with E-state index < -0.39 is 0 Å². The van der Waals surface area contributed by atoms with Crippen LogP contribution in [0, 0.1) is 11.8 Å². The van der Waals surface area contributed by atoms with Crippen LogP contribution in [0.1, 0.15) is 32.6 Å². The van der Waals surface area contributed by atoms with Crippen LogP contribution < -0.4 is 5.32 Å². The lowest BCUT2D eigenvalue weighted by Crippen LogP contribution is -2.52. The van der Waals surface area contributed by atoms with Crippen molar-refractivity contribution in [3.8, 4) is 0 Å². The van der Waals surface area contributed by atoms with Crippen LogP contribution in [-0.4, -0.2) is 47.2 Å². The van der Waals surface area contributed by atoms with Crippen molar-refractivity contribution in [3.63, 3.8) is 0 Å².